The van der Waals surface area contributed by atoms with Gasteiger partial charge in [0.15, 0.2) is 0 Å². The molecule has 1 heterocycles. The number of anilines is 1. The molecule has 1 aliphatic rings. The van der Waals surface area contributed by atoms with Crippen LogP contribution in [0, 0.1) is 5.92 Å². The standard InChI is InChI=1S/C12H16N2O2/c1-8-3-2-4-10(8)14-11-7-9(12(15)16)5-6-13-11/h5-8,10H,2-4H2,1H3,(H,13,14)(H,15,16). The van der Waals surface area contributed by atoms with Gasteiger partial charge in [0.2, 0.25) is 0 Å². The van der Waals surface area contributed by atoms with Gasteiger partial charge in [-0.05, 0) is 30.9 Å². The molecule has 0 bridgehead atoms. The first-order chi connectivity index (χ1) is 7.66. The van der Waals surface area contributed by atoms with E-state index in [4.69, 9.17) is 5.11 Å². The number of nitrogens with zero attached hydrogens (tertiary/aromatic N) is 1. The maximum absolute atomic E-state index is 10.8. The summed E-state index contributed by atoms with van der Waals surface area (Å²) in [4.78, 5) is 14.9. The number of hydrogen-bond donors (Lipinski definition) is 2. The molecule has 0 saturated heterocycles. The van der Waals surface area contributed by atoms with E-state index in [1.165, 1.54) is 25.1 Å². The highest BCUT2D eigenvalue weighted by molar-refractivity contribution is 5.88. The molecule has 1 fully saturated rings. The van der Waals surface area contributed by atoms with Crippen molar-refractivity contribution >= 4 is 11.8 Å². The van der Waals surface area contributed by atoms with Crippen LogP contribution in [0.1, 0.15) is 36.5 Å². The molecule has 2 N–H and O–H groups in total. The van der Waals surface area contributed by atoms with E-state index in [9.17, 15) is 4.79 Å². The molecule has 2 atom stereocenters. The van der Waals surface area contributed by atoms with Crippen molar-refractivity contribution in [1.82, 2.24) is 4.98 Å². The number of aromatic carboxylic acids is 1. The van der Waals surface area contributed by atoms with Gasteiger partial charge in [0.25, 0.3) is 0 Å². The van der Waals surface area contributed by atoms with Crippen LogP contribution in [0.15, 0.2) is 18.3 Å². The van der Waals surface area contributed by atoms with Crippen molar-refractivity contribution in [3.8, 4) is 0 Å². The van der Waals surface area contributed by atoms with Gasteiger partial charge in [-0.1, -0.05) is 13.3 Å². The Kier molecular flexibility index (Phi) is 3.08. The zero-order valence-electron chi connectivity index (χ0n) is 9.31. The maximum Gasteiger partial charge on any atom is 0.335 e. The van der Waals surface area contributed by atoms with Crippen LogP contribution in [-0.4, -0.2) is 22.1 Å². The third-order valence-corrected chi connectivity index (χ3v) is 3.20. The normalized spacial score (nSPS) is 24.3. The average molecular weight is 220 g/mol. The summed E-state index contributed by atoms with van der Waals surface area (Å²) in [6.07, 6.45) is 5.14. The summed E-state index contributed by atoms with van der Waals surface area (Å²) in [5.74, 6) is 0.388. The minimum absolute atomic E-state index is 0.281. The molecule has 1 aromatic rings. The molecule has 0 radical (unpaired) electrons. The van der Waals surface area contributed by atoms with Crippen LogP contribution in [0.25, 0.3) is 0 Å². The van der Waals surface area contributed by atoms with Crippen LogP contribution in [0.2, 0.25) is 0 Å². The fraction of sp³-hybridized carbons (Fsp3) is 0.500. The predicted octanol–water partition coefficient (Wildman–Crippen LogP) is 2.38. The lowest BCUT2D eigenvalue weighted by Crippen LogP contribution is -2.22. The van der Waals surface area contributed by atoms with Crippen molar-refractivity contribution in [2.75, 3.05) is 5.32 Å². The van der Waals surface area contributed by atoms with Crippen molar-refractivity contribution in [3.05, 3.63) is 23.9 Å². The predicted molar refractivity (Wildman–Crippen MR) is 61.6 cm³/mol. The smallest absolute Gasteiger partial charge is 0.335 e. The van der Waals surface area contributed by atoms with Gasteiger partial charge in [0.1, 0.15) is 5.82 Å². The van der Waals surface area contributed by atoms with Crippen LogP contribution in [0.5, 0.6) is 0 Å². The first kappa shape index (κ1) is 10.9. The maximum atomic E-state index is 10.8. The van der Waals surface area contributed by atoms with Crippen LogP contribution in [-0.2, 0) is 0 Å². The molecule has 86 valence electrons. The first-order valence-corrected chi connectivity index (χ1v) is 5.62. The van der Waals surface area contributed by atoms with Crippen LogP contribution in [0.3, 0.4) is 0 Å². The molecule has 0 spiro atoms. The summed E-state index contributed by atoms with van der Waals surface area (Å²) in [7, 11) is 0. The number of pyridine rings is 1. The zero-order chi connectivity index (χ0) is 11.5. The highest BCUT2D eigenvalue weighted by Crippen LogP contribution is 2.27. The lowest BCUT2D eigenvalue weighted by molar-refractivity contribution is 0.0697. The Labute approximate surface area is 94.7 Å². The molecule has 1 aromatic heterocycles. The van der Waals surface area contributed by atoms with Gasteiger partial charge in [-0.2, -0.15) is 0 Å². The fourth-order valence-corrected chi connectivity index (χ4v) is 2.19. The highest BCUT2D eigenvalue weighted by Gasteiger charge is 2.23. The molecule has 0 aliphatic heterocycles. The second-order valence-electron chi connectivity index (χ2n) is 4.39. The summed E-state index contributed by atoms with van der Waals surface area (Å²) in [6, 6.07) is 3.52. The van der Waals surface area contributed by atoms with Gasteiger partial charge in [-0.3, -0.25) is 0 Å². The number of carboxylic acid groups (broad SMARTS) is 1. The van der Waals surface area contributed by atoms with Crippen molar-refractivity contribution < 1.29 is 9.90 Å². The van der Waals surface area contributed by atoms with E-state index in [-0.39, 0.29) is 5.56 Å². The summed E-state index contributed by atoms with van der Waals surface area (Å²) < 4.78 is 0. The monoisotopic (exact) mass is 220 g/mol. The topological polar surface area (TPSA) is 62.2 Å². The van der Waals surface area contributed by atoms with E-state index < -0.39 is 5.97 Å². The molecule has 0 aromatic carbocycles. The van der Waals surface area contributed by atoms with Gasteiger partial charge in [0.05, 0.1) is 5.56 Å². The Bertz CT molecular complexity index is 392. The van der Waals surface area contributed by atoms with Gasteiger partial charge < -0.3 is 10.4 Å². The van der Waals surface area contributed by atoms with E-state index in [1.807, 2.05) is 0 Å². The molecule has 0 amide bonds. The zero-order valence-corrected chi connectivity index (χ0v) is 9.31. The molecule has 2 rings (SSSR count). The Hall–Kier alpha value is -1.58. The molecule has 2 unspecified atom stereocenters. The Balaban J connectivity index is 2.09. The second kappa shape index (κ2) is 4.51. The number of rotatable bonds is 3. The summed E-state index contributed by atoms with van der Waals surface area (Å²) in [5.41, 5.74) is 0.281. The quantitative estimate of drug-likeness (QED) is 0.821. The minimum atomic E-state index is -0.912. The molecular weight excluding hydrogens is 204 g/mol. The van der Waals surface area contributed by atoms with E-state index in [0.717, 1.165) is 6.42 Å². The minimum Gasteiger partial charge on any atom is -0.478 e. The van der Waals surface area contributed by atoms with E-state index in [0.29, 0.717) is 17.8 Å². The summed E-state index contributed by atoms with van der Waals surface area (Å²) in [5, 5.41) is 12.2. The number of aromatic nitrogens is 1. The molecular formula is C12H16N2O2. The molecule has 4 heteroatoms. The van der Waals surface area contributed by atoms with Gasteiger partial charge in [-0.15, -0.1) is 0 Å². The number of hydrogen-bond acceptors (Lipinski definition) is 3. The van der Waals surface area contributed by atoms with Crippen molar-refractivity contribution in [3.63, 3.8) is 0 Å². The van der Waals surface area contributed by atoms with E-state index >= 15 is 0 Å². The van der Waals surface area contributed by atoms with Gasteiger partial charge in [-0.25, -0.2) is 9.78 Å². The van der Waals surface area contributed by atoms with E-state index in [2.05, 4.69) is 17.2 Å². The van der Waals surface area contributed by atoms with E-state index in [1.54, 1.807) is 6.07 Å². The first-order valence-electron chi connectivity index (χ1n) is 5.62. The third kappa shape index (κ3) is 2.32. The summed E-state index contributed by atoms with van der Waals surface area (Å²) in [6.45, 7) is 2.21. The van der Waals surface area contributed by atoms with Crippen molar-refractivity contribution in [1.29, 1.82) is 0 Å². The highest BCUT2D eigenvalue weighted by atomic mass is 16.4. The largest absolute Gasteiger partial charge is 0.478 e. The third-order valence-electron chi connectivity index (χ3n) is 3.20. The molecule has 1 saturated carbocycles. The van der Waals surface area contributed by atoms with Crippen LogP contribution >= 0.6 is 0 Å². The fourth-order valence-electron chi connectivity index (χ4n) is 2.19. The van der Waals surface area contributed by atoms with Crippen molar-refractivity contribution in [2.45, 2.75) is 32.2 Å². The Morgan fingerprint density at radius 2 is 2.38 bits per heavy atom. The molecule has 16 heavy (non-hydrogen) atoms. The number of carbonyl (C=O) groups is 1. The number of carboxylic acids is 1. The van der Waals surface area contributed by atoms with Crippen molar-refractivity contribution in [2.24, 2.45) is 5.92 Å². The lowest BCUT2D eigenvalue weighted by Gasteiger charge is -2.17. The molecule has 4 nitrogen and oxygen atoms in total. The van der Waals surface area contributed by atoms with Gasteiger partial charge in [0, 0.05) is 12.2 Å². The lowest BCUT2D eigenvalue weighted by atomic mass is 10.1. The average Bonchev–Trinajstić information content (AvgIpc) is 2.65. The van der Waals surface area contributed by atoms with Crippen LogP contribution in [0.4, 0.5) is 5.82 Å². The molecule has 1 aliphatic carbocycles. The SMILES string of the molecule is CC1CCCC1Nc1cc(C(=O)O)ccn1. The van der Waals surface area contributed by atoms with Crippen LogP contribution < -0.4 is 5.32 Å². The Morgan fingerprint density at radius 3 is 3.00 bits per heavy atom. The summed E-state index contributed by atoms with van der Waals surface area (Å²) >= 11 is 0. The number of nitrogens with one attached hydrogen (secondary N) is 1. The Morgan fingerprint density at radius 1 is 1.56 bits per heavy atom. The van der Waals surface area contributed by atoms with Gasteiger partial charge >= 0.3 is 5.97 Å². The second-order valence-corrected chi connectivity index (χ2v) is 4.39.